The number of thioether (sulfide) groups is 1. The molecule has 0 aliphatic carbocycles. The lowest BCUT2D eigenvalue weighted by molar-refractivity contribution is -0.123. The second kappa shape index (κ2) is 10.8. The van der Waals surface area contributed by atoms with Gasteiger partial charge in [-0.2, -0.15) is 0 Å². The van der Waals surface area contributed by atoms with Crippen LogP contribution in [0.1, 0.15) is 40.3 Å². The fourth-order valence-electron chi connectivity index (χ4n) is 3.50. The zero-order chi connectivity index (χ0) is 20.6. The van der Waals surface area contributed by atoms with Crippen molar-refractivity contribution >= 4 is 34.9 Å². The van der Waals surface area contributed by atoms with Crippen molar-refractivity contribution in [1.29, 1.82) is 0 Å². The van der Waals surface area contributed by atoms with Crippen molar-refractivity contribution in [2.24, 2.45) is 11.7 Å². The SMILES string of the molecule is Cc1nc(CSc2ccccc2C(=O)NCCCN2CCCC(C(N)=O)C2)cs1. The van der Waals surface area contributed by atoms with Crippen molar-refractivity contribution in [3.8, 4) is 0 Å². The van der Waals surface area contributed by atoms with Crippen LogP contribution in [0.3, 0.4) is 0 Å². The van der Waals surface area contributed by atoms with Crippen molar-refractivity contribution < 1.29 is 9.59 Å². The third kappa shape index (κ3) is 6.55. The molecule has 1 aliphatic rings. The van der Waals surface area contributed by atoms with Crippen LogP contribution in [0.5, 0.6) is 0 Å². The van der Waals surface area contributed by atoms with Crippen LogP contribution in [0, 0.1) is 12.8 Å². The molecule has 0 spiro atoms. The van der Waals surface area contributed by atoms with Gasteiger partial charge in [0, 0.05) is 29.1 Å². The molecule has 1 aliphatic heterocycles. The van der Waals surface area contributed by atoms with Gasteiger partial charge in [-0.15, -0.1) is 23.1 Å². The highest BCUT2D eigenvalue weighted by atomic mass is 32.2. The number of carbonyl (C=O) groups excluding carboxylic acids is 2. The Balaban J connectivity index is 1.45. The normalized spacial score (nSPS) is 17.2. The number of aromatic nitrogens is 1. The Morgan fingerprint density at radius 1 is 1.38 bits per heavy atom. The van der Waals surface area contributed by atoms with Crippen molar-refractivity contribution in [2.45, 2.75) is 36.8 Å². The Labute approximate surface area is 180 Å². The van der Waals surface area contributed by atoms with Gasteiger partial charge in [0.25, 0.3) is 5.91 Å². The topological polar surface area (TPSA) is 88.3 Å². The van der Waals surface area contributed by atoms with Gasteiger partial charge in [-0.25, -0.2) is 4.98 Å². The van der Waals surface area contributed by atoms with E-state index in [2.05, 4.69) is 20.6 Å². The highest BCUT2D eigenvalue weighted by Gasteiger charge is 2.23. The van der Waals surface area contributed by atoms with E-state index in [1.165, 1.54) is 0 Å². The molecule has 1 atom stereocenters. The van der Waals surface area contributed by atoms with Gasteiger partial charge in [-0.1, -0.05) is 12.1 Å². The lowest BCUT2D eigenvalue weighted by Crippen LogP contribution is -2.42. The summed E-state index contributed by atoms with van der Waals surface area (Å²) in [6.07, 6.45) is 2.74. The molecule has 2 amide bonds. The first-order valence-corrected chi connectivity index (χ1v) is 11.8. The second-order valence-corrected chi connectivity index (χ2v) is 9.37. The van der Waals surface area contributed by atoms with Gasteiger partial charge in [0.15, 0.2) is 0 Å². The number of amides is 2. The van der Waals surface area contributed by atoms with E-state index in [0.29, 0.717) is 12.1 Å². The average molecular weight is 433 g/mol. The highest BCUT2D eigenvalue weighted by molar-refractivity contribution is 7.98. The number of likely N-dealkylation sites (tertiary alicyclic amines) is 1. The summed E-state index contributed by atoms with van der Waals surface area (Å²) in [6, 6.07) is 7.70. The van der Waals surface area contributed by atoms with E-state index >= 15 is 0 Å². The van der Waals surface area contributed by atoms with Gasteiger partial charge >= 0.3 is 0 Å². The van der Waals surface area contributed by atoms with Gasteiger partial charge < -0.3 is 16.0 Å². The molecule has 156 valence electrons. The molecule has 2 aromatic rings. The van der Waals surface area contributed by atoms with Crippen LogP contribution >= 0.6 is 23.1 Å². The van der Waals surface area contributed by atoms with Crippen LogP contribution in [-0.2, 0) is 10.5 Å². The lowest BCUT2D eigenvalue weighted by atomic mass is 9.97. The van der Waals surface area contributed by atoms with Crippen LogP contribution in [-0.4, -0.2) is 47.9 Å². The first kappa shape index (κ1) is 21.8. The molecule has 6 nitrogen and oxygen atoms in total. The molecule has 1 unspecified atom stereocenters. The van der Waals surface area contributed by atoms with E-state index in [1.54, 1.807) is 23.1 Å². The van der Waals surface area contributed by atoms with Crippen molar-refractivity contribution in [3.63, 3.8) is 0 Å². The molecule has 0 bridgehead atoms. The fourth-order valence-corrected chi connectivity index (χ4v) is 5.16. The fraction of sp³-hybridized carbons (Fsp3) is 0.476. The minimum absolute atomic E-state index is 0.0382. The van der Waals surface area contributed by atoms with Crippen LogP contribution in [0.2, 0.25) is 0 Å². The van der Waals surface area contributed by atoms with Crippen molar-refractivity contribution in [1.82, 2.24) is 15.2 Å². The Morgan fingerprint density at radius 2 is 2.21 bits per heavy atom. The van der Waals surface area contributed by atoms with Crippen LogP contribution in [0.4, 0.5) is 0 Å². The Kier molecular flexibility index (Phi) is 8.09. The number of rotatable bonds is 9. The Morgan fingerprint density at radius 3 is 2.97 bits per heavy atom. The summed E-state index contributed by atoms with van der Waals surface area (Å²) < 4.78 is 0. The number of thiazole rings is 1. The van der Waals surface area contributed by atoms with Crippen molar-refractivity contribution in [3.05, 3.63) is 45.9 Å². The average Bonchev–Trinajstić information content (AvgIpc) is 3.15. The number of carbonyl (C=O) groups is 2. The van der Waals surface area contributed by atoms with Gasteiger partial charge in [0.05, 0.1) is 22.2 Å². The summed E-state index contributed by atoms with van der Waals surface area (Å²) in [4.78, 5) is 31.8. The van der Waals surface area contributed by atoms with Gasteiger partial charge in [-0.05, 0) is 51.4 Å². The molecule has 2 heterocycles. The maximum atomic E-state index is 12.7. The molecule has 3 rings (SSSR count). The molecule has 1 fully saturated rings. The predicted molar refractivity (Wildman–Crippen MR) is 118 cm³/mol. The first-order chi connectivity index (χ1) is 14.0. The van der Waals surface area contributed by atoms with E-state index in [9.17, 15) is 9.59 Å². The quantitative estimate of drug-likeness (QED) is 0.470. The number of hydrogen-bond acceptors (Lipinski definition) is 6. The highest BCUT2D eigenvalue weighted by Crippen LogP contribution is 2.26. The molecule has 8 heteroatoms. The maximum absolute atomic E-state index is 12.7. The van der Waals surface area contributed by atoms with E-state index in [4.69, 9.17) is 5.73 Å². The monoisotopic (exact) mass is 432 g/mol. The summed E-state index contributed by atoms with van der Waals surface area (Å²) in [5.74, 6) is 0.467. The third-order valence-electron chi connectivity index (χ3n) is 5.02. The van der Waals surface area contributed by atoms with E-state index < -0.39 is 0 Å². The molecular formula is C21H28N4O2S2. The zero-order valence-electron chi connectivity index (χ0n) is 16.7. The van der Waals surface area contributed by atoms with E-state index in [1.807, 2.05) is 31.2 Å². The largest absolute Gasteiger partial charge is 0.369 e. The molecule has 0 radical (unpaired) electrons. The maximum Gasteiger partial charge on any atom is 0.252 e. The molecule has 1 aromatic heterocycles. The van der Waals surface area contributed by atoms with Gasteiger partial charge in [0.2, 0.25) is 5.91 Å². The summed E-state index contributed by atoms with van der Waals surface area (Å²) in [5, 5.41) is 6.15. The van der Waals surface area contributed by atoms with Gasteiger partial charge in [-0.3, -0.25) is 9.59 Å². The number of piperidine rings is 1. The third-order valence-corrected chi connectivity index (χ3v) is 6.95. The molecule has 3 N–H and O–H groups in total. The minimum Gasteiger partial charge on any atom is -0.369 e. The van der Waals surface area contributed by atoms with Gasteiger partial charge in [0.1, 0.15) is 0 Å². The Hall–Kier alpha value is -1.90. The predicted octanol–water partition coefficient (Wildman–Crippen LogP) is 3.06. The molecular weight excluding hydrogens is 404 g/mol. The summed E-state index contributed by atoms with van der Waals surface area (Å²) in [6.45, 7) is 5.20. The van der Waals surface area contributed by atoms with E-state index in [-0.39, 0.29) is 17.7 Å². The number of benzene rings is 1. The van der Waals surface area contributed by atoms with Crippen LogP contribution in [0.15, 0.2) is 34.5 Å². The van der Waals surface area contributed by atoms with Crippen LogP contribution in [0.25, 0.3) is 0 Å². The smallest absolute Gasteiger partial charge is 0.252 e. The lowest BCUT2D eigenvalue weighted by Gasteiger charge is -2.31. The van der Waals surface area contributed by atoms with Crippen molar-refractivity contribution in [2.75, 3.05) is 26.2 Å². The standard InChI is InChI=1S/C21H28N4O2S2/c1-15-24-17(13-28-15)14-29-19-8-3-2-7-18(19)21(27)23-9-5-11-25-10-4-6-16(12-25)20(22)26/h2-3,7-8,13,16H,4-6,9-12,14H2,1H3,(H2,22,26)(H,23,27). The second-order valence-electron chi connectivity index (χ2n) is 7.29. The number of nitrogens with zero attached hydrogens (tertiary/aromatic N) is 2. The number of hydrogen-bond donors (Lipinski definition) is 2. The minimum atomic E-state index is -0.204. The number of primary amides is 1. The van der Waals surface area contributed by atoms with Crippen LogP contribution < -0.4 is 11.1 Å². The Bertz CT molecular complexity index is 840. The number of aryl methyl sites for hydroxylation is 1. The van der Waals surface area contributed by atoms with E-state index in [0.717, 1.165) is 60.2 Å². The summed E-state index contributed by atoms with van der Waals surface area (Å²) in [7, 11) is 0. The first-order valence-electron chi connectivity index (χ1n) is 9.95. The molecule has 1 aromatic carbocycles. The molecule has 29 heavy (non-hydrogen) atoms. The summed E-state index contributed by atoms with van der Waals surface area (Å²) in [5.41, 5.74) is 7.19. The number of nitrogens with one attached hydrogen (secondary N) is 1. The zero-order valence-corrected chi connectivity index (χ0v) is 18.4. The molecule has 0 saturated carbocycles. The molecule has 1 saturated heterocycles. The number of nitrogens with two attached hydrogens (primary N) is 1. The summed E-state index contributed by atoms with van der Waals surface area (Å²) >= 11 is 3.28.